The average Bonchev–Trinajstić information content (AvgIpc) is 2.39. The molecule has 1 aliphatic rings. The third-order valence-corrected chi connectivity index (χ3v) is 4.14. The minimum Gasteiger partial charge on any atom is -0.393 e. The van der Waals surface area contributed by atoms with Crippen molar-refractivity contribution in [1.29, 1.82) is 0 Å². The number of carbonyl (C=O) groups excluding carboxylic acids is 1. The van der Waals surface area contributed by atoms with Gasteiger partial charge in [-0.25, -0.2) is 0 Å². The van der Waals surface area contributed by atoms with E-state index in [4.69, 9.17) is 18.0 Å². The molecular weight excluding hydrogens is 312 g/mol. The lowest BCUT2D eigenvalue weighted by molar-refractivity contribution is 0.0710. The van der Waals surface area contributed by atoms with Gasteiger partial charge < -0.3 is 10.6 Å². The Hall–Kier alpha value is -0.940. The van der Waals surface area contributed by atoms with E-state index < -0.39 is 0 Å². The summed E-state index contributed by atoms with van der Waals surface area (Å²) >= 11 is 8.36. The number of nitrogens with zero attached hydrogens (tertiary/aromatic N) is 1. The molecule has 0 radical (unpaired) electrons. The third-order valence-electron chi connectivity index (χ3n) is 3.28. The minimum absolute atomic E-state index is 0.0869. The molecule has 1 heterocycles. The Morgan fingerprint density at radius 1 is 1.28 bits per heavy atom. The maximum Gasteiger partial charge on any atom is 0.253 e. The van der Waals surface area contributed by atoms with Crippen LogP contribution in [0.15, 0.2) is 28.7 Å². The fourth-order valence-electron chi connectivity index (χ4n) is 2.14. The smallest absolute Gasteiger partial charge is 0.253 e. The second-order valence-corrected chi connectivity index (χ2v) is 5.86. The fraction of sp³-hybridized carbons (Fsp3) is 0.385. The normalized spacial score (nSPS) is 16.6. The van der Waals surface area contributed by atoms with Crippen molar-refractivity contribution in [3.8, 4) is 0 Å². The van der Waals surface area contributed by atoms with Crippen molar-refractivity contribution in [1.82, 2.24) is 4.90 Å². The second-order valence-electron chi connectivity index (χ2n) is 4.48. The summed E-state index contributed by atoms with van der Waals surface area (Å²) < 4.78 is 0.978. The first kappa shape index (κ1) is 13.5. The van der Waals surface area contributed by atoms with Crippen molar-refractivity contribution in [2.24, 2.45) is 11.7 Å². The van der Waals surface area contributed by atoms with Gasteiger partial charge in [0.15, 0.2) is 0 Å². The number of thiocarbonyl (C=S) groups is 1. The standard InChI is InChI=1S/C13H15BrN2OS/c14-11-3-1-10(2-4-11)13(17)16-7-5-9(6-8-16)12(15)18/h1-4,9H,5-8H2,(H2,15,18). The van der Waals surface area contributed by atoms with Crippen LogP contribution >= 0.6 is 28.1 Å². The van der Waals surface area contributed by atoms with E-state index in [1.54, 1.807) is 0 Å². The van der Waals surface area contributed by atoms with Gasteiger partial charge in [-0.15, -0.1) is 0 Å². The minimum atomic E-state index is 0.0869. The zero-order valence-electron chi connectivity index (χ0n) is 9.93. The Morgan fingerprint density at radius 2 is 1.83 bits per heavy atom. The average molecular weight is 327 g/mol. The van der Waals surface area contributed by atoms with Gasteiger partial charge in [0.1, 0.15) is 0 Å². The van der Waals surface area contributed by atoms with E-state index in [2.05, 4.69) is 15.9 Å². The van der Waals surface area contributed by atoms with E-state index in [0.717, 1.165) is 36.0 Å². The van der Waals surface area contributed by atoms with E-state index in [1.165, 1.54) is 0 Å². The first-order valence-corrected chi connectivity index (χ1v) is 7.12. The highest BCUT2D eigenvalue weighted by molar-refractivity contribution is 9.10. The third kappa shape index (κ3) is 3.09. The van der Waals surface area contributed by atoms with Crippen LogP contribution in [-0.4, -0.2) is 28.9 Å². The molecule has 2 rings (SSSR count). The van der Waals surface area contributed by atoms with Crippen LogP contribution in [0.25, 0.3) is 0 Å². The quantitative estimate of drug-likeness (QED) is 0.850. The van der Waals surface area contributed by atoms with Gasteiger partial charge in [0.05, 0.1) is 4.99 Å². The summed E-state index contributed by atoms with van der Waals surface area (Å²) in [5.41, 5.74) is 6.37. The molecule has 0 bridgehead atoms. The second kappa shape index (κ2) is 5.80. The van der Waals surface area contributed by atoms with Crippen LogP contribution in [0.1, 0.15) is 23.2 Å². The molecule has 0 unspecified atom stereocenters. The molecule has 0 saturated carbocycles. The zero-order chi connectivity index (χ0) is 13.1. The Morgan fingerprint density at radius 3 is 2.33 bits per heavy atom. The predicted octanol–water partition coefficient (Wildman–Crippen LogP) is 2.59. The molecule has 1 saturated heterocycles. The molecule has 1 aromatic carbocycles. The Labute approximate surface area is 120 Å². The highest BCUT2D eigenvalue weighted by Gasteiger charge is 2.24. The first-order valence-electron chi connectivity index (χ1n) is 5.92. The van der Waals surface area contributed by atoms with E-state index in [1.807, 2.05) is 29.2 Å². The maximum atomic E-state index is 12.2. The van der Waals surface area contributed by atoms with Crippen LogP contribution in [0.3, 0.4) is 0 Å². The molecule has 96 valence electrons. The number of benzene rings is 1. The molecule has 0 aliphatic carbocycles. The van der Waals surface area contributed by atoms with E-state index in [9.17, 15) is 4.79 Å². The monoisotopic (exact) mass is 326 g/mol. The number of nitrogens with two attached hydrogens (primary N) is 1. The Balaban J connectivity index is 1.99. The lowest BCUT2D eigenvalue weighted by Gasteiger charge is -2.31. The van der Waals surface area contributed by atoms with Crippen LogP contribution in [-0.2, 0) is 0 Å². The molecule has 1 aromatic rings. The Bertz CT molecular complexity index is 453. The molecule has 0 aromatic heterocycles. The fourth-order valence-corrected chi connectivity index (χ4v) is 2.64. The van der Waals surface area contributed by atoms with Crippen molar-refractivity contribution in [3.63, 3.8) is 0 Å². The van der Waals surface area contributed by atoms with Crippen LogP contribution in [0.4, 0.5) is 0 Å². The van der Waals surface area contributed by atoms with Gasteiger partial charge >= 0.3 is 0 Å². The van der Waals surface area contributed by atoms with Gasteiger partial charge in [0.25, 0.3) is 5.91 Å². The molecule has 18 heavy (non-hydrogen) atoms. The topological polar surface area (TPSA) is 46.3 Å². The molecular formula is C13H15BrN2OS. The van der Waals surface area contributed by atoms with Crippen LogP contribution < -0.4 is 5.73 Å². The summed E-state index contributed by atoms with van der Waals surface area (Å²) in [6.07, 6.45) is 1.75. The van der Waals surface area contributed by atoms with E-state index >= 15 is 0 Å². The first-order chi connectivity index (χ1) is 8.58. The number of rotatable bonds is 2. The van der Waals surface area contributed by atoms with Crippen molar-refractivity contribution in [3.05, 3.63) is 34.3 Å². The number of piperidine rings is 1. The molecule has 5 heteroatoms. The molecule has 2 N–H and O–H groups in total. The van der Waals surface area contributed by atoms with Crippen LogP contribution in [0.5, 0.6) is 0 Å². The van der Waals surface area contributed by atoms with E-state index in [0.29, 0.717) is 4.99 Å². The largest absolute Gasteiger partial charge is 0.393 e. The van der Waals surface area contributed by atoms with Crippen molar-refractivity contribution in [2.45, 2.75) is 12.8 Å². The number of likely N-dealkylation sites (tertiary alicyclic amines) is 1. The summed E-state index contributed by atoms with van der Waals surface area (Å²) in [5, 5.41) is 0. The van der Waals surface area contributed by atoms with Gasteiger partial charge in [-0.2, -0.15) is 0 Å². The summed E-state index contributed by atoms with van der Waals surface area (Å²) in [6.45, 7) is 1.47. The van der Waals surface area contributed by atoms with Crippen molar-refractivity contribution < 1.29 is 4.79 Å². The highest BCUT2D eigenvalue weighted by atomic mass is 79.9. The van der Waals surface area contributed by atoms with Gasteiger partial charge in [-0.3, -0.25) is 4.79 Å². The number of halogens is 1. The molecule has 1 aliphatic heterocycles. The SMILES string of the molecule is NC(=S)C1CCN(C(=O)c2ccc(Br)cc2)CC1. The molecule has 0 spiro atoms. The summed E-state index contributed by atoms with van der Waals surface area (Å²) in [4.78, 5) is 14.7. The lowest BCUT2D eigenvalue weighted by Crippen LogP contribution is -2.41. The Kier molecular flexibility index (Phi) is 4.35. The van der Waals surface area contributed by atoms with Gasteiger partial charge in [0, 0.05) is 29.0 Å². The van der Waals surface area contributed by atoms with Gasteiger partial charge in [-0.1, -0.05) is 28.1 Å². The van der Waals surface area contributed by atoms with Gasteiger partial charge in [-0.05, 0) is 37.1 Å². The predicted molar refractivity (Wildman–Crippen MR) is 79.6 cm³/mol. The van der Waals surface area contributed by atoms with Crippen molar-refractivity contribution in [2.75, 3.05) is 13.1 Å². The zero-order valence-corrected chi connectivity index (χ0v) is 12.3. The molecule has 0 atom stereocenters. The number of carbonyl (C=O) groups is 1. The number of hydrogen-bond donors (Lipinski definition) is 1. The lowest BCUT2D eigenvalue weighted by atomic mass is 9.96. The number of hydrogen-bond acceptors (Lipinski definition) is 2. The number of amides is 1. The maximum absolute atomic E-state index is 12.2. The van der Waals surface area contributed by atoms with E-state index in [-0.39, 0.29) is 11.8 Å². The molecule has 3 nitrogen and oxygen atoms in total. The summed E-state index contributed by atoms with van der Waals surface area (Å²) in [5.74, 6) is 0.373. The summed E-state index contributed by atoms with van der Waals surface area (Å²) in [7, 11) is 0. The summed E-state index contributed by atoms with van der Waals surface area (Å²) in [6, 6.07) is 7.45. The molecule has 1 amide bonds. The highest BCUT2D eigenvalue weighted by Crippen LogP contribution is 2.20. The van der Waals surface area contributed by atoms with Crippen molar-refractivity contribution >= 4 is 39.0 Å². The van der Waals surface area contributed by atoms with Crippen LogP contribution in [0, 0.1) is 5.92 Å². The van der Waals surface area contributed by atoms with Gasteiger partial charge in [0.2, 0.25) is 0 Å². The molecule has 1 fully saturated rings. The van der Waals surface area contributed by atoms with Crippen LogP contribution in [0.2, 0.25) is 0 Å².